The molecule has 2 aromatic carbocycles. The fraction of sp³-hybridized carbons (Fsp3) is 0.600. The Bertz CT molecular complexity index is 1650. The van der Waals surface area contributed by atoms with E-state index in [2.05, 4.69) is 9.80 Å². The highest BCUT2D eigenvalue weighted by Crippen LogP contribution is 2.30. The molecule has 0 unspecified atom stereocenters. The summed E-state index contributed by atoms with van der Waals surface area (Å²) in [6, 6.07) is 15.2. The molecule has 16 heteroatoms. The summed E-state index contributed by atoms with van der Waals surface area (Å²) in [6.45, 7) is 14.0. The summed E-state index contributed by atoms with van der Waals surface area (Å²) in [4.78, 5) is 59.9. The molecule has 0 aromatic heterocycles. The van der Waals surface area contributed by atoms with Gasteiger partial charge in [0.1, 0.15) is 11.5 Å². The number of hydrogen-bond acceptors (Lipinski definition) is 14. The van der Waals surface area contributed by atoms with E-state index in [1.807, 2.05) is 62.4 Å². The molecule has 2 amide bonds. The molecule has 366 valence electrons. The highest BCUT2D eigenvalue weighted by molar-refractivity contribution is 8.16. The lowest BCUT2D eigenvalue weighted by Gasteiger charge is -2.26. The average Bonchev–Trinajstić information content (AvgIpc) is 3.33. The number of hydrogen-bond donors (Lipinski definition) is 0. The first kappa shape index (κ1) is 54.9. The van der Waals surface area contributed by atoms with E-state index in [4.69, 9.17) is 28.4 Å². The van der Waals surface area contributed by atoms with E-state index in [0.29, 0.717) is 50.6 Å². The van der Waals surface area contributed by atoms with E-state index in [0.717, 1.165) is 199 Å². The Morgan fingerprint density at radius 3 is 1.21 bits per heavy atom. The third-order valence-electron chi connectivity index (χ3n) is 11.7. The Balaban J connectivity index is 1.09. The Hall–Kier alpha value is -3.74. The van der Waals surface area contributed by atoms with Crippen molar-refractivity contribution < 1.29 is 47.6 Å². The third-order valence-corrected chi connectivity index (χ3v) is 13.7. The highest BCUT2D eigenvalue weighted by atomic mass is 32.2. The number of carbonyl (C=O) groups excluding carboxylic acids is 4. The van der Waals surface area contributed by atoms with Crippen LogP contribution in [-0.4, -0.2) is 136 Å². The van der Waals surface area contributed by atoms with Crippen LogP contribution < -0.4 is 9.47 Å². The minimum absolute atomic E-state index is 0.423. The molecule has 2 heterocycles. The van der Waals surface area contributed by atoms with Crippen molar-refractivity contribution in [2.24, 2.45) is 0 Å². The molecular weight excluding hydrogens is 881 g/mol. The van der Waals surface area contributed by atoms with Crippen LogP contribution in [0, 0.1) is 0 Å². The number of nitrogens with zero attached hydrogens (tertiary/aromatic N) is 4. The minimum Gasteiger partial charge on any atom is -0.418 e. The van der Waals surface area contributed by atoms with Crippen molar-refractivity contribution in [3.63, 3.8) is 0 Å². The van der Waals surface area contributed by atoms with Crippen LogP contribution in [0.15, 0.2) is 69.7 Å². The molecule has 0 radical (unpaired) electrons. The third kappa shape index (κ3) is 21.5. The van der Waals surface area contributed by atoms with Crippen LogP contribution in [-0.2, 0) is 41.6 Å². The monoisotopic (exact) mass is 954 g/mol. The van der Waals surface area contributed by atoms with Crippen LogP contribution in [0.4, 0.5) is 9.59 Å². The maximum Gasteiger partial charge on any atom is 0.377 e. The predicted octanol–water partition coefficient (Wildman–Crippen LogP) is 9.87. The van der Waals surface area contributed by atoms with Crippen LogP contribution in [0.3, 0.4) is 0 Å². The maximum absolute atomic E-state index is 13.0. The normalized spacial score (nSPS) is 15.4. The molecular formula is C50H74N4O10S2. The number of carbonyl (C=O) groups is 4. The van der Waals surface area contributed by atoms with Crippen molar-refractivity contribution in [2.75, 3.05) is 93.1 Å². The molecule has 2 fully saturated rings. The van der Waals surface area contributed by atoms with Crippen LogP contribution in [0.1, 0.15) is 102 Å². The summed E-state index contributed by atoms with van der Waals surface area (Å²) >= 11 is 2.02. The molecule has 0 spiro atoms. The molecule has 2 aliphatic rings. The SMILES string of the molecule is COCC/C(SC(=O)Oc1ccc(CN2CCOCC2)cc1)=C(/C)N(C=O)CCCCCCCCCCCCN(C=O)/C(C)=C(\CCOC)SC(=O)Oc1ccc(CN2CCOCC2)cc1. The summed E-state index contributed by atoms with van der Waals surface area (Å²) in [5.74, 6) is 0.968. The van der Waals surface area contributed by atoms with Crippen molar-refractivity contribution in [1.29, 1.82) is 0 Å². The largest absolute Gasteiger partial charge is 0.418 e. The quantitative estimate of drug-likeness (QED) is 0.0403. The molecule has 0 N–H and O–H groups in total. The number of unbranched alkanes of at least 4 members (excludes halogenated alkanes) is 9. The van der Waals surface area contributed by atoms with Gasteiger partial charge in [-0.15, -0.1) is 0 Å². The second-order valence-corrected chi connectivity index (χ2v) is 18.7. The first-order valence-corrected chi connectivity index (χ1v) is 25.2. The Morgan fingerprint density at radius 1 is 0.561 bits per heavy atom. The Morgan fingerprint density at radius 2 is 0.894 bits per heavy atom. The second kappa shape index (κ2) is 32.9. The molecule has 14 nitrogen and oxygen atoms in total. The molecule has 0 atom stereocenters. The van der Waals surface area contributed by atoms with Gasteiger partial charge in [0.05, 0.1) is 39.6 Å². The summed E-state index contributed by atoms with van der Waals surface area (Å²) in [6.07, 6.45) is 13.2. The van der Waals surface area contributed by atoms with Gasteiger partial charge in [-0.25, -0.2) is 9.59 Å². The van der Waals surface area contributed by atoms with E-state index >= 15 is 0 Å². The summed E-state index contributed by atoms with van der Waals surface area (Å²) in [5.41, 5.74) is 3.80. The van der Waals surface area contributed by atoms with E-state index in [9.17, 15) is 19.2 Å². The fourth-order valence-corrected chi connectivity index (χ4v) is 9.27. The Labute approximate surface area is 402 Å². The lowest BCUT2D eigenvalue weighted by Crippen LogP contribution is -2.35. The van der Waals surface area contributed by atoms with E-state index < -0.39 is 10.6 Å². The number of thioether (sulfide) groups is 2. The van der Waals surface area contributed by atoms with Gasteiger partial charge in [-0.05, 0) is 85.6 Å². The summed E-state index contributed by atoms with van der Waals surface area (Å²) in [5, 5.41) is -0.892. The predicted molar refractivity (Wildman–Crippen MR) is 262 cm³/mol. The first-order chi connectivity index (χ1) is 32.2. The summed E-state index contributed by atoms with van der Waals surface area (Å²) in [7, 11) is 3.24. The van der Waals surface area contributed by atoms with Crippen LogP contribution in [0.5, 0.6) is 11.5 Å². The van der Waals surface area contributed by atoms with Gasteiger partial charge in [-0.1, -0.05) is 75.6 Å². The number of rotatable bonds is 31. The van der Waals surface area contributed by atoms with Gasteiger partial charge >= 0.3 is 10.6 Å². The Kier molecular flexibility index (Phi) is 27.3. The van der Waals surface area contributed by atoms with Gasteiger partial charge < -0.3 is 38.2 Å². The lowest BCUT2D eigenvalue weighted by atomic mass is 10.1. The summed E-state index contributed by atoms with van der Waals surface area (Å²) < 4.78 is 32.8. The van der Waals surface area contributed by atoms with Crippen LogP contribution in [0.25, 0.3) is 0 Å². The molecule has 0 saturated carbocycles. The van der Waals surface area contributed by atoms with Gasteiger partial charge in [0.15, 0.2) is 0 Å². The van der Waals surface area contributed by atoms with Crippen molar-refractivity contribution in [2.45, 2.75) is 104 Å². The van der Waals surface area contributed by atoms with Crippen molar-refractivity contribution in [1.82, 2.24) is 19.6 Å². The van der Waals surface area contributed by atoms with E-state index in [1.54, 1.807) is 24.0 Å². The first-order valence-electron chi connectivity index (χ1n) is 23.6. The zero-order valence-corrected chi connectivity index (χ0v) is 41.5. The standard InChI is InChI=1S/C50H74N4O10S2/c1-41(47(23-31-59-3)65-49(57)63-45-19-15-43(16-20-45)37-51-27-33-61-34-28-51)53(39-55)25-13-11-9-7-5-6-8-10-12-14-26-54(40-56)42(2)48(24-32-60-4)66-50(58)64-46-21-17-44(18-22-46)38-52-29-35-62-36-30-52/h15-22,39-40H,5-14,23-38H2,1-4H3/b47-41+,48-42+. The van der Waals surface area contributed by atoms with Crippen LogP contribution in [0.2, 0.25) is 0 Å². The molecule has 2 aliphatic heterocycles. The topological polar surface area (TPSA) is 137 Å². The van der Waals surface area contributed by atoms with Gasteiger partial charge in [0.25, 0.3) is 0 Å². The number of amides is 2. The van der Waals surface area contributed by atoms with Crippen LogP contribution >= 0.6 is 23.5 Å². The lowest BCUT2D eigenvalue weighted by molar-refractivity contribution is -0.117. The number of benzene rings is 2. The molecule has 0 bridgehead atoms. The molecule has 2 aromatic rings. The van der Waals surface area contributed by atoms with E-state index in [1.165, 1.54) is 0 Å². The zero-order valence-electron chi connectivity index (χ0n) is 39.8. The minimum atomic E-state index is -0.446. The second-order valence-electron chi connectivity index (χ2n) is 16.6. The molecule has 0 aliphatic carbocycles. The van der Waals surface area contributed by atoms with Gasteiger partial charge in [-0.2, -0.15) is 0 Å². The smallest absolute Gasteiger partial charge is 0.377 e. The molecule has 2 saturated heterocycles. The number of morpholine rings is 2. The fourth-order valence-electron chi connectivity index (χ4n) is 7.69. The van der Waals surface area contributed by atoms with Gasteiger partial charge in [-0.3, -0.25) is 19.4 Å². The van der Waals surface area contributed by atoms with Crippen molar-refractivity contribution >= 4 is 46.9 Å². The van der Waals surface area contributed by atoms with E-state index in [-0.39, 0.29) is 0 Å². The number of allylic oxidation sites excluding steroid dienone is 2. The van der Waals surface area contributed by atoms with Gasteiger partial charge in [0.2, 0.25) is 12.8 Å². The molecule has 66 heavy (non-hydrogen) atoms. The zero-order chi connectivity index (χ0) is 47.2. The van der Waals surface area contributed by atoms with Crippen molar-refractivity contribution in [3.8, 4) is 11.5 Å². The number of ether oxygens (including phenoxy) is 6. The van der Waals surface area contributed by atoms with Gasteiger partial charge in [0, 0.05) is 101 Å². The highest BCUT2D eigenvalue weighted by Gasteiger charge is 2.19. The number of methoxy groups -OCH3 is 2. The maximum atomic E-state index is 13.0. The molecule has 4 rings (SSSR count). The van der Waals surface area contributed by atoms with Crippen molar-refractivity contribution in [3.05, 3.63) is 80.9 Å². The average molecular weight is 955 g/mol.